The maximum absolute atomic E-state index is 12.8. The molecule has 3 aliphatic rings. The van der Waals surface area contributed by atoms with Crippen molar-refractivity contribution < 1.29 is 14.5 Å². The zero-order chi connectivity index (χ0) is 19.0. The van der Waals surface area contributed by atoms with E-state index in [0.717, 1.165) is 43.7 Å². The molecule has 2 saturated heterocycles. The van der Waals surface area contributed by atoms with E-state index >= 15 is 0 Å². The lowest BCUT2D eigenvalue weighted by atomic mass is 9.85. The molecule has 4 rings (SSSR count). The molecule has 0 spiro atoms. The Bertz CT molecular complexity index is 785. The lowest BCUT2D eigenvalue weighted by Gasteiger charge is -2.23. The highest BCUT2D eigenvalue weighted by molar-refractivity contribution is 6.22. The summed E-state index contributed by atoms with van der Waals surface area (Å²) in [6.45, 7) is 1.58. The Labute approximate surface area is 157 Å². The first-order valence-corrected chi connectivity index (χ1v) is 9.64. The van der Waals surface area contributed by atoms with Crippen molar-refractivity contribution in [1.82, 2.24) is 0 Å². The van der Waals surface area contributed by atoms with Crippen LogP contribution < -0.4 is 9.80 Å². The zero-order valence-corrected chi connectivity index (χ0v) is 15.2. The van der Waals surface area contributed by atoms with Crippen LogP contribution in [0.25, 0.3) is 0 Å². The first-order chi connectivity index (χ1) is 13.1. The van der Waals surface area contributed by atoms with Crippen molar-refractivity contribution in [3.8, 4) is 0 Å². The number of hydrogen-bond acceptors (Lipinski definition) is 5. The van der Waals surface area contributed by atoms with Crippen LogP contribution in [-0.2, 0) is 9.59 Å². The van der Waals surface area contributed by atoms with Gasteiger partial charge in [-0.15, -0.1) is 0 Å². The highest BCUT2D eigenvalue weighted by atomic mass is 16.6. The zero-order valence-electron chi connectivity index (χ0n) is 15.2. The van der Waals surface area contributed by atoms with E-state index in [1.54, 1.807) is 12.1 Å². The number of allylic oxidation sites excluding steroid dienone is 2. The van der Waals surface area contributed by atoms with Gasteiger partial charge in [0.2, 0.25) is 11.8 Å². The van der Waals surface area contributed by atoms with Crippen LogP contribution >= 0.6 is 0 Å². The fraction of sp³-hybridized carbons (Fsp3) is 0.500. The Morgan fingerprint density at radius 3 is 2.07 bits per heavy atom. The number of imide groups is 1. The standard InChI is InChI=1S/C20H23N3O4/c24-19-15-7-3-4-8-16(15)20(25)22(19)14-9-10-17(18(13-14)23(26)27)21-11-5-1-2-6-12-21/h3-4,9-10,13,15-16H,1-2,5-8,11-12H2/t15-,16+. The maximum atomic E-state index is 12.8. The van der Waals surface area contributed by atoms with Gasteiger partial charge >= 0.3 is 0 Å². The van der Waals surface area contributed by atoms with E-state index in [2.05, 4.69) is 0 Å². The molecule has 2 heterocycles. The highest BCUT2D eigenvalue weighted by Gasteiger charge is 2.48. The van der Waals surface area contributed by atoms with E-state index in [1.165, 1.54) is 6.07 Å². The van der Waals surface area contributed by atoms with E-state index in [1.807, 2.05) is 17.1 Å². The van der Waals surface area contributed by atoms with Gasteiger partial charge in [-0.2, -0.15) is 0 Å². The molecule has 2 amide bonds. The Hall–Kier alpha value is -2.70. The number of fused-ring (bicyclic) bond motifs is 1. The Balaban J connectivity index is 1.68. The summed E-state index contributed by atoms with van der Waals surface area (Å²) in [4.78, 5) is 40.0. The number of nitrogens with zero attached hydrogens (tertiary/aromatic N) is 3. The fourth-order valence-corrected chi connectivity index (χ4v) is 4.43. The Kier molecular flexibility index (Phi) is 4.68. The highest BCUT2D eigenvalue weighted by Crippen LogP contribution is 2.40. The minimum atomic E-state index is -0.413. The molecule has 7 nitrogen and oxygen atoms in total. The molecular weight excluding hydrogens is 346 g/mol. The predicted molar refractivity (Wildman–Crippen MR) is 102 cm³/mol. The number of amides is 2. The van der Waals surface area contributed by atoms with Gasteiger partial charge in [0.1, 0.15) is 5.69 Å². The maximum Gasteiger partial charge on any atom is 0.294 e. The van der Waals surface area contributed by atoms with Crippen molar-refractivity contribution in [3.05, 3.63) is 40.5 Å². The first-order valence-electron chi connectivity index (χ1n) is 9.64. The molecule has 2 aliphatic heterocycles. The average molecular weight is 369 g/mol. The molecule has 7 heteroatoms. The van der Waals surface area contributed by atoms with Crippen LogP contribution in [0.1, 0.15) is 38.5 Å². The third-order valence-electron chi connectivity index (χ3n) is 5.87. The van der Waals surface area contributed by atoms with Gasteiger partial charge in [-0.1, -0.05) is 25.0 Å². The van der Waals surface area contributed by atoms with Gasteiger partial charge in [0.15, 0.2) is 0 Å². The summed E-state index contributed by atoms with van der Waals surface area (Å²) in [5.41, 5.74) is 0.844. The lowest BCUT2D eigenvalue weighted by Crippen LogP contribution is -2.31. The minimum Gasteiger partial charge on any atom is -0.366 e. The summed E-state index contributed by atoms with van der Waals surface area (Å²) in [7, 11) is 0. The number of nitro groups is 1. The van der Waals surface area contributed by atoms with Gasteiger partial charge in [0.25, 0.3) is 5.69 Å². The molecule has 0 bridgehead atoms. The number of carbonyl (C=O) groups is 2. The second kappa shape index (κ2) is 7.13. The van der Waals surface area contributed by atoms with Gasteiger partial charge in [0.05, 0.1) is 22.4 Å². The molecule has 2 fully saturated rings. The number of rotatable bonds is 3. The summed E-state index contributed by atoms with van der Waals surface area (Å²) >= 11 is 0. The van der Waals surface area contributed by atoms with Crippen LogP contribution in [0.2, 0.25) is 0 Å². The number of benzene rings is 1. The van der Waals surface area contributed by atoms with Gasteiger partial charge in [-0.25, -0.2) is 4.90 Å². The average Bonchev–Trinajstić information content (AvgIpc) is 2.86. The number of anilines is 2. The molecule has 142 valence electrons. The first kappa shape index (κ1) is 17.7. The number of hydrogen-bond donors (Lipinski definition) is 0. The molecule has 0 aromatic heterocycles. The third kappa shape index (κ3) is 3.11. The molecule has 0 saturated carbocycles. The molecule has 0 radical (unpaired) electrons. The van der Waals surface area contributed by atoms with Gasteiger partial charge in [0, 0.05) is 19.2 Å². The third-order valence-corrected chi connectivity index (χ3v) is 5.87. The smallest absolute Gasteiger partial charge is 0.294 e. The summed E-state index contributed by atoms with van der Waals surface area (Å²) in [5.74, 6) is -1.17. The largest absolute Gasteiger partial charge is 0.366 e. The topological polar surface area (TPSA) is 83.8 Å². The Morgan fingerprint density at radius 1 is 0.926 bits per heavy atom. The summed E-state index contributed by atoms with van der Waals surface area (Å²) in [6.07, 6.45) is 9.27. The van der Waals surface area contributed by atoms with E-state index in [-0.39, 0.29) is 29.3 Å². The van der Waals surface area contributed by atoms with E-state index in [4.69, 9.17) is 0 Å². The number of nitro benzene ring substituents is 1. The van der Waals surface area contributed by atoms with E-state index in [0.29, 0.717) is 24.2 Å². The van der Waals surface area contributed by atoms with Crippen molar-refractivity contribution >= 4 is 28.9 Å². The van der Waals surface area contributed by atoms with Crippen molar-refractivity contribution in [2.24, 2.45) is 11.8 Å². The van der Waals surface area contributed by atoms with Gasteiger partial charge in [-0.3, -0.25) is 19.7 Å². The fourth-order valence-electron chi connectivity index (χ4n) is 4.43. The van der Waals surface area contributed by atoms with Crippen molar-refractivity contribution in [3.63, 3.8) is 0 Å². The normalized spacial score (nSPS) is 25.5. The van der Waals surface area contributed by atoms with Gasteiger partial charge < -0.3 is 4.90 Å². The lowest BCUT2D eigenvalue weighted by molar-refractivity contribution is -0.384. The summed E-state index contributed by atoms with van der Waals surface area (Å²) < 4.78 is 0. The second-order valence-electron chi connectivity index (χ2n) is 7.50. The molecule has 0 N–H and O–H groups in total. The number of carbonyl (C=O) groups excluding carboxylic acids is 2. The molecule has 2 atom stereocenters. The van der Waals surface area contributed by atoms with Crippen molar-refractivity contribution in [1.29, 1.82) is 0 Å². The van der Waals surface area contributed by atoms with E-state index < -0.39 is 4.92 Å². The molecule has 1 aliphatic carbocycles. The monoisotopic (exact) mass is 369 g/mol. The van der Waals surface area contributed by atoms with Crippen LogP contribution in [0.15, 0.2) is 30.4 Å². The summed E-state index contributed by atoms with van der Waals surface area (Å²) in [6, 6.07) is 4.76. The van der Waals surface area contributed by atoms with Crippen LogP contribution in [0.4, 0.5) is 17.1 Å². The van der Waals surface area contributed by atoms with Crippen LogP contribution in [0.5, 0.6) is 0 Å². The summed E-state index contributed by atoms with van der Waals surface area (Å²) in [5, 5.41) is 11.7. The van der Waals surface area contributed by atoms with Crippen LogP contribution in [0.3, 0.4) is 0 Å². The van der Waals surface area contributed by atoms with Crippen LogP contribution in [0, 0.1) is 22.0 Å². The Morgan fingerprint density at radius 2 is 1.52 bits per heavy atom. The molecule has 1 aromatic rings. The SMILES string of the molecule is O=C1[C@H]2CC=CC[C@H]2C(=O)N1c1ccc(N2CCCCCC2)c([N+](=O)[O-])c1. The minimum absolute atomic E-state index is 0.0389. The quantitative estimate of drug-likeness (QED) is 0.353. The van der Waals surface area contributed by atoms with E-state index in [9.17, 15) is 19.7 Å². The molecule has 27 heavy (non-hydrogen) atoms. The van der Waals surface area contributed by atoms with Crippen molar-refractivity contribution in [2.75, 3.05) is 22.9 Å². The van der Waals surface area contributed by atoms with Crippen LogP contribution in [-0.4, -0.2) is 29.8 Å². The second-order valence-corrected chi connectivity index (χ2v) is 7.50. The molecular formula is C20H23N3O4. The van der Waals surface area contributed by atoms with Gasteiger partial charge in [-0.05, 0) is 37.8 Å². The van der Waals surface area contributed by atoms with Crippen molar-refractivity contribution in [2.45, 2.75) is 38.5 Å². The molecule has 1 aromatic carbocycles. The molecule has 0 unspecified atom stereocenters. The predicted octanol–water partition coefficient (Wildman–Crippen LogP) is 3.43.